The van der Waals surface area contributed by atoms with E-state index in [0.717, 1.165) is 4.90 Å². The Balaban J connectivity index is 1.88. The summed E-state index contributed by atoms with van der Waals surface area (Å²) >= 11 is 0. The van der Waals surface area contributed by atoms with Crippen molar-refractivity contribution in [1.29, 1.82) is 0 Å². The number of nitrogens with one attached hydrogen (secondary N) is 1. The minimum Gasteiger partial charge on any atom is -0.465 e. The molecule has 2 amide bonds. The van der Waals surface area contributed by atoms with Crippen LogP contribution in [0.1, 0.15) is 38.3 Å². The number of anilines is 1. The average molecular weight is 424 g/mol. The number of nitrogens with zero attached hydrogens (tertiary/aromatic N) is 1. The van der Waals surface area contributed by atoms with Crippen molar-refractivity contribution < 1.29 is 23.5 Å². The molecule has 0 radical (unpaired) electrons. The van der Waals surface area contributed by atoms with E-state index in [0.29, 0.717) is 18.5 Å². The van der Waals surface area contributed by atoms with Gasteiger partial charge in [0, 0.05) is 11.6 Å². The van der Waals surface area contributed by atoms with E-state index in [2.05, 4.69) is 5.32 Å². The second-order valence-electron chi connectivity index (χ2n) is 7.94. The monoisotopic (exact) mass is 424 g/mol. The molecule has 2 saturated heterocycles. The van der Waals surface area contributed by atoms with E-state index in [4.69, 9.17) is 4.74 Å². The Morgan fingerprint density at radius 2 is 1.74 bits per heavy atom. The number of fused-ring (bicyclic) bond motifs is 1. The number of halogens is 1. The minimum absolute atomic E-state index is 0.137. The van der Waals surface area contributed by atoms with Crippen LogP contribution in [0, 0.1) is 17.7 Å². The highest BCUT2D eigenvalue weighted by molar-refractivity contribution is 6.24. The second-order valence-corrected chi connectivity index (χ2v) is 7.94. The topological polar surface area (TPSA) is 75.7 Å². The predicted molar refractivity (Wildman–Crippen MR) is 112 cm³/mol. The maximum Gasteiger partial charge on any atom is 0.327 e. The van der Waals surface area contributed by atoms with Gasteiger partial charge in [-0.25, -0.2) is 9.29 Å². The fourth-order valence-corrected chi connectivity index (χ4v) is 5.00. The molecule has 0 saturated carbocycles. The quantitative estimate of drug-likeness (QED) is 0.568. The van der Waals surface area contributed by atoms with Crippen LogP contribution in [-0.4, -0.2) is 29.9 Å². The Morgan fingerprint density at radius 1 is 1.06 bits per heavy atom. The first kappa shape index (κ1) is 21.2. The van der Waals surface area contributed by atoms with E-state index in [1.165, 1.54) is 6.07 Å². The first-order chi connectivity index (χ1) is 15.0. The SMILES string of the molecule is CCC[C@]1(C(=O)OCC)N[C@H](c2ccccc2F)[C@@H]2C(=O)N(c3ccccc3)C(=O)[C@H]21. The van der Waals surface area contributed by atoms with Gasteiger partial charge in [0.15, 0.2) is 0 Å². The summed E-state index contributed by atoms with van der Waals surface area (Å²) in [7, 11) is 0. The van der Waals surface area contributed by atoms with Crippen molar-refractivity contribution in [1.82, 2.24) is 5.32 Å². The average Bonchev–Trinajstić information content (AvgIpc) is 3.24. The highest BCUT2D eigenvalue weighted by atomic mass is 19.1. The zero-order chi connectivity index (χ0) is 22.2. The van der Waals surface area contributed by atoms with Crippen molar-refractivity contribution in [2.45, 2.75) is 38.3 Å². The second kappa shape index (κ2) is 8.23. The van der Waals surface area contributed by atoms with Crippen LogP contribution in [0.5, 0.6) is 0 Å². The summed E-state index contributed by atoms with van der Waals surface area (Å²) in [6, 6.07) is 13.9. The van der Waals surface area contributed by atoms with Crippen molar-refractivity contribution in [3.8, 4) is 0 Å². The highest BCUT2D eigenvalue weighted by Crippen LogP contribution is 2.51. The summed E-state index contributed by atoms with van der Waals surface area (Å²) in [6.07, 6.45) is 0.867. The van der Waals surface area contributed by atoms with Gasteiger partial charge < -0.3 is 4.74 Å². The molecule has 4 rings (SSSR count). The Kier molecular flexibility index (Phi) is 5.62. The third-order valence-electron chi connectivity index (χ3n) is 6.19. The van der Waals surface area contributed by atoms with Gasteiger partial charge in [0.2, 0.25) is 11.8 Å². The number of imide groups is 1. The van der Waals surface area contributed by atoms with Gasteiger partial charge in [0.05, 0.1) is 24.1 Å². The summed E-state index contributed by atoms with van der Waals surface area (Å²) in [5.41, 5.74) is -0.706. The lowest BCUT2D eigenvalue weighted by Gasteiger charge is -2.32. The van der Waals surface area contributed by atoms with Crippen LogP contribution in [0.15, 0.2) is 54.6 Å². The van der Waals surface area contributed by atoms with Gasteiger partial charge in [-0.05, 0) is 31.5 Å². The van der Waals surface area contributed by atoms with Crippen LogP contribution >= 0.6 is 0 Å². The number of hydrogen-bond acceptors (Lipinski definition) is 5. The molecule has 2 aliphatic rings. The molecule has 0 unspecified atom stereocenters. The minimum atomic E-state index is -1.40. The number of benzene rings is 2. The molecule has 0 bridgehead atoms. The first-order valence-electron chi connectivity index (χ1n) is 10.6. The van der Waals surface area contributed by atoms with Crippen molar-refractivity contribution in [3.63, 3.8) is 0 Å². The zero-order valence-corrected chi connectivity index (χ0v) is 17.5. The number of rotatable bonds is 6. The van der Waals surface area contributed by atoms with Crippen LogP contribution in [0.3, 0.4) is 0 Å². The van der Waals surface area contributed by atoms with Crippen LogP contribution in [0.2, 0.25) is 0 Å². The number of amides is 2. The number of carbonyl (C=O) groups is 3. The smallest absolute Gasteiger partial charge is 0.327 e. The molecular weight excluding hydrogens is 399 g/mol. The van der Waals surface area contributed by atoms with E-state index >= 15 is 0 Å². The van der Waals surface area contributed by atoms with Gasteiger partial charge in [0.25, 0.3) is 0 Å². The molecule has 2 aromatic carbocycles. The molecule has 4 atom stereocenters. The molecular formula is C24H25FN2O4. The fraction of sp³-hybridized carbons (Fsp3) is 0.375. The summed E-state index contributed by atoms with van der Waals surface area (Å²) < 4.78 is 20.1. The van der Waals surface area contributed by atoms with Crippen LogP contribution in [-0.2, 0) is 19.1 Å². The summed E-state index contributed by atoms with van der Waals surface area (Å²) in [4.78, 5) is 41.5. The molecule has 0 aromatic heterocycles. The molecule has 0 spiro atoms. The molecule has 2 aromatic rings. The molecule has 2 heterocycles. The maximum absolute atomic E-state index is 14.8. The van der Waals surface area contributed by atoms with Gasteiger partial charge in [-0.1, -0.05) is 49.7 Å². The first-order valence-corrected chi connectivity index (χ1v) is 10.6. The van der Waals surface area contributed by atoms with Crippen LogP contribution in [0.4, 0.5) is 10.1 Å². The van der Waals surface area contributed by atoms with Gasteiger partial charge in [0.1, 0.15) is 11.4 Å². The highest BCUT2D eigenvalue weighted by Gasteiger charge is 2.68. The molecule has 2 fully saturated rings. The largest absolute Gasteiger partial charge is 0.465 e. The van der Waals surface area contributed by atoms with E-state index in [9.17, 15) is 18.8 Å². The zero-order valence-electron chi connectivity index (χ0n) is 17.5. The van der Waals surface area contributed by atoms with E-state index in [-0.39, 0.29) is 12.2 Å². The lowest BCUT2D eigenvalue weighted by atomic mass is 9.77. The third-order valence-corrected chi connectivity index (χ3v) is 6.19. The number of para-hydroxylation sites is 1. The Morgan fingerprint density at radius 3 is 2.39 bits per heavy atom. The fourth-order valence-electron chi connectivity index (χ4n) is 5.00. The molecule has 162 valence electrons. The van der Waals surface area contributed by atoms with Gasteiger partial charge in [-0.15, -0.1) is 0 Å². The van der Waals surface area contributed by atoms with Crippen molar-refractivity contribution >= 4 is 23.5 Å². The van der Waals surface area contributed by atoms with E-state index in [1.807, 2.05) is 6.92 Å². The van der Waals surface area contributed by atoms with Crippen LogP contribution < -0.4 is 10.2 Å². The van der Waals surface area contributed by atoms with Gasteiger partial charge in [-0.3, -0.25) is 19.7 Å². The Labute approximate surface area is 180 Å². The maximum atomic E-state index is 14.8. The third kappa shape index (κ3) is 3.24. The Bertz CT molecular complexity index is 1010. The standard InChI is InChI=1S/C24H25FN2O4/c1-3-14-24(23(30)31-4-2)19-18(20(26-24)16-12-8-9-13-17(16)25)21(28)27(22(19)29)15-10-6-5-7-11-15/h5-13,18-20,26H,3-4,14H2,1-2H3/t18-,19+,20-,24+/m1/s1. The molecule has 2 aliphatic heterocycles. The molecule has 0 aliphatic carbocycles. The van der Waals surface area contributed by atoms with Crippen LogP contribution in [0.25, 0.3) is 0 Å². The number of ether oxygens (including phenoxy) is 1. The van der Waals surface area contributed by atoms with E-state index < -0.39 is 47.0 Å². The summed E-state index contributed by atoms with van der Waals surface area (Å²) in [5, 5.41) is 3.20. The number of hydrogen-bond donors (Lipinski definition) is 1. The molecule has 6 nitrogen and oxygen atoms in total. The van der Waals surface area contributed by atoms with Crippen molar-refractivity contribution in [3.05, 3.63) is 66.0 Å². The van der Waals surface area contributed by atoms with Crippen molar-refractivity contribution in [2.75, 3.05) is 11.5 Å². The molecule has 1 N–H and O–H groups in total. The lowest BCUT2D eigenvalue weighted by Crippen LogP contribution is -2.56. The van der Waals surface area contributed by atoms with Gasteiger partial charge >= 0.3 is 5.97 Å². The number of esters is 1. The van der Waals surface area contributed by atoms with Gasteiger partial charge in [-0.2, -0.15) is 0 Å². The lowest BCUT2D eigenvalue weighted by molar-refractivity contribution is -0.155. The molecule has 7 heteroatoms. The predicted octanol–water partition coefficient (Wildman–Crippen LogP) is 3.38. The summed E-state index contributed by atoms with van der Waals surface area (Å²) in [5.74, 6) is -3.88. The normalized spacial score (nSPS) is 27.5. The Hall–Kier alpha value is -3.06. The summed E-state index contributed by atoms with van der Waals surface area (Å²) in [6.45, 7) is 3.72. The number of carbonyl (C=O) groups excluding carboxylic acids is 3. The molecule has 31 heavy (non-hydrogen) atoms. The van der Waals surface area contributed by atoms with Crippen molar-refractivity contribution in [2.24, 2.45) is 11.8 Å². The van der Waals surface area contributed by atoms with E-state index in [1.54, 1.807) is 55.5 Å².